The molecule has 124 valence electrons. The van der Waals surface area contributed by atoms with E-state index in [1.165, 1.54) is 6.21 Å². The summed E-state index contributed by atoms with van der Waals surface area (Å²) in [7, 11) is 1.56. The Hall–Kier alpha value is -3.09. The maximum absolute atomic E-state index is 12.7. The van der Waals surface area contributed by atoms with Crippen LogP contribution in [-0.4, -0.2) is 30.3 Å². The van der Waals surface area contributed by atoms with Crippen LogP contribution in [0.15, 0.2) is 45.9 Å². The Morgan fingerprint density at radius 2 is 1.92 bits per heavy atom. The molecule has 0 radical (unpaired) electrons. The highest BCUT2D eigenvalue weighted by atomic mass is 16.5. The van der Waals surface area contributed by atoms with E-state index in [0.717, 1.165) is 10.8 Å². The smallest absolute Gasteiger partial charge is 0.346 e. The molecule has 1 saturated heterocycles. The summed E-state index contributed by atoms with van der Waals surface area (Å²) >= 11 is 0. The fourth-order valence-corrected chi connectivity index (χ4v) is 2.49. The molecule has 2 aromatic rings. The monoisotopic (exact) mass is 327 g/mol. The Balaban J connectivity index is 1.85. The Labute approximate surface area is 138 Å². The molecule has 7 heteroatoms. The number of carbonyl (C=O) groups excluding carboxylic acids is 2. The SMILES string of the molecule is COc1ccc([C@]2(C)NC(=O)N(/N=C\c3ccc(C)o3)C2=O)cc1. The number of nitrogens with zero attached hydrogens (tertiary/aromatic N) is 2. The second kappa shape index (κ2) is 5.84. The first kappa shape index (κ1) is 15.8. The van der Waals surface area contributed by atoms with Gasteiger partial charge in [-0.3, -0.25) is 4.79 Å². The van der Waals surface area contributed by atoms with Crippen molar-refractivity contribution in [3.05, 3.63) is 53.5 Å². The van der Waals surface area contributed by atoms with Crippen molar-refractivity contribution in [3.63, 3.8) is 0 Å². The van der Waals surface area contributed by atoms with E-state index < -0.39 is 17.5 Å². The molecule has 1 aromatic heterocycles. The molecular weight excluding hydrogens is 310 g/mol. The lowest BCUT2D eigenvalue weighted by Crippen LogP contribution is -2.40. The van der Waals surface area contributed by atoms with Crippen LogP contribution in [0.1, 0.15) is 24.0 Å². The van der Waals surface area contributed by atoms with Gasteiger partial charge in [-0.1, -0.05) is 12.1 Å². The zero-order chi connectivity index (χ0) is 17.3. The summed E-state index contributed by atoms with van der Waals surface area (Å²) in [5.41, 5.74) is -0.534. The van der Waals surface area contributed by atoms with E-state index >= 15 is 0 Å². The van der Waals surface area contributed by atoms with Crippen LogP contribution in [0.5, 0.6) is 5.75 Å². The zero-order valence-corrected chi connectivity index (χ0v) is 13.6. The number of benzene rings is 1. The minimum absolute atomic E-state index is 0.461. The van der Waals surface area contributed by atoms with Crippen LogP contribution < -0.4 is 10.1 Å². The Kier molecular flexibility index (Phi) is 3.84. The molecule has 1 aliphatic rings. The van der Waals surface area contributed by atoms with Gasteiger partial charge in [0.15, 0.2) is 0 Å². The van der Waals surface area contributed by atoms with E-state index in [4.69, 9.17) is 9.15 Å². The number of imide groups is 1. The number of urea groups is 1. The van der Waals surface area contributed by atoms with Gasteiger partial charge in [0.25, 0.3) is 5.91 Å². The molecule has 0 aliphatic carbocycles. The van der Waals surface area contributed by atoms with Gasteiger partial charge < -0.3 is 14.5 Å². The lowest BCUT2D eigenvalue weighted by Gasteiger charge is -2.21. The maximum Gasteiger partial charge on any atom is 0.346 e. The number of methoxy groups -OCH3 is 1. The van der Waals surface area contributed by atoms with Crippen molar-refractivity contribution in [1.29, 1.82) is 0 Å². The van der Waals surface area contributed by atoms with Crippen molar-refractivity contribution in [2.75, 3.05) is 7.11 Å². The van der Waals surface area contributed by atoms with E-state index in [0.29, 0.717) is 17.1 Å². The molecule has 1 aromatic carbocycles. The average Bonchev–Trinajstić information content (AvgIpc) is 3.08. The molecular formula is C17H17N3O4. The van der Waals surface area contributed by atoms with Crippen LogP contribution >= 0.6 is 0 Å². The van der Waals surface area contributed by atoms with Crippen molar-refractivity contribution in [1.82, 2.24) is 10.3 Å². The number of hydrogen-bond acceptors (Lipinski definition) is 5. The molecule has 1 fully saturated rings. The summed E-state index contributed by atoms with van der Waals surface area (Å²) in [6, 6.07) is 9.84. The molecule has 7 nitrogen and oxygen atoms in total. The predicted molar refractivity (Wildman–Crippen MR) is 86.8 cm³/mol. The van der Waals surface area contributed by atoms with Crippen molar-refractivity contribution < 1.29 is 18.7 Å². The van der Waals surface area contributed by atoms with E-state index in [9.17, 15) is 9.59 Å². The average molecular weight is 327 g/mol. The van der Waals surface area contributed by atoms with Crippen LogP contribution in [0.2, 0.25) is 0 Å². The van der Waals surface area contributed by atoms with Gasteiger partial charge in [0.05, 0.1) is 13.3 Å². The Morgan fingerprint density at radius 1 is 1.21 bits per heavy atom. The zero-order valence-electron chi connectivity index (χ0n) is 13.6. The number of nitrogens with one attached hydrogen (secondary N) is 1. The number of hydrogen-bond donors (Lipinski definition) is 1. The van der Waals surface area contributed by atoms with Gasteiger partial charge in [0.1, 0.15) is 22.8 Å². The highest BCUT2D eigenvalue weighted by Crippen LogP contribution is 2.30. The third kappa shape index (κ3) is 2.64. The third-order valence-corrected chi connectivity index (χ3v) is 3.90. The second-order valence-corrected chi connectivity index (χ2v) is 5.59. The van der Waals surface area contributed by atoms with Gasteiger partial charge in [-0.25, -0.2) is 4.79 Å². The van der Waals surface area contributed by atoms with Gasteiger partial charge in [-0.05, 0) is 43.7 Å². The molecule has 24 heavy (non-hydrogen) atoms. The summed E-state index contributed by atoms with van der Waals surface area (Å²) < 4.78 is 10.4. The molecule has 0 spiro atoms. The number of furan rings is 1. The van der Waals surface area contributed by atoms with Crippen LogP contribution in [-0.2, 0) is 10.3 Å². The first-order valence-electron chi connectivity index (χ1n) is 7.36. The van der Waals surface area contributed by atoms with E-state index in [1.807, 2.05) is 0 Å². The van der Waals surface area contributed by atoms with Gasteiger partial charge >= 0.3 is 6.03 Å². The quantitative estimate of drug-likeness (QED) is 0.690. The second-order valence-electron chi connectivity index (χ2n) is 5.59. The van der Waals surface area contributed by atoms with Crippen molar-refractivity contribution in [2.45, 2.75) is 19.4 Å². The van der Waals surface area contributed by atoms with E-state index in [2.05, 4.69) is 10.4 Å². The van der Waals surface area contributed by atoms with Gasteiger partial charge in [-0.15, -0.1) is 5.01 Å². The Morgan fingerprint density at radius 3 is 2.50 bits per heavy atom. The summed E-state index contributed by atoms with van der Waals surface area (Å²) in [6.07, 6.45) is 1.34. The number of rotatable bonds is 4. The molecule has 1 N–H and O–H groups in total. The van der Waals surface area contributed by atoms with Gasteiger partial charge in [-0.2, -0.15) is 5.10 Å². The van der Waals surface area contributed by atoms with Gasteiger partial charge in [0.2, 0.25) is 0 Å². The minimum Gasteiger partial charge on any atom is -0.497 e. The van der Waals surface area contributed by atoms with Crippen LogP contribution in [0.4, 0.5) is 4.79 Å². The first-order valence-corrected chi connectivity index (χ1v) is 7.36. The molecule has 1 atom stereocenters. The topological polar surface area (TPSA) is 84.1 Å². The fraction of sp³-hybridized carbons (Fsp3) is 0.235. The van der Waals surface area contributed by atoms with E-state index in [1.54, 1.807) is 57.4 Å². The van der Waals surface area contributed by atoms with Crippen molar-refractivity contribution >= 4 is 18.2 Å². The molecule has 2 heterocycles. The molecule has 0 unspecified atom stereocenters. The van der Waals surface area contributed by atoms with Gasteiger partial charge in [0, 0.05) is 0 Å². The number of amides is 3. The van der Waals surface area contributed by atoms with E-state index in [-0.39, 0.29) is 0 Å². The molecule has 3 amide bonds. The summed E-state index contributed by atoms with van der Waals surface area (Å²) in [5.74, 6) is 1.39. The number of hydrazone groups is 1. The Bertz CT molecular complexity index is 809. The molecule has 0 saturated carbocycles. The largest absolute Gasteiger partial charge is 0.497 e. The van der Waals surface area contributed by atoms with Crippen LogP contribution in [0.3, 0.4) is 0 Å². The highest BCUT2D eigenvalue weighted by Gasteiger charge is 2.49. The van der Waals surface area contributed by atoms with Crippen LogP contribution in [0, 0.1) is 6.92 Å². The summed E-state index contributed by atoms with van der Waals surface area (Å²) in [5, 5.41) is 7.44. The summed E-state index contributed by atoms with van der Waals surface area (Å²) in [6.45, 7) is 3.44. The number of aryl methyl sites for hydroxylation is 1. The number of carbonyl (C=O) groups is 2. The minimum atomic E-state index is -1.18. The highest BCUT2D eigenvalue weighted by molar-refractivity contribution is 6.07. The normalized spacial score (nSPS) is 20.7. The number of ether oxygens (including phenoxy) is 1. The lowest BCUT2D eigenvalue weighted by atomic mass is 9.92. The molecule has 0 bridgehead atoms. The first-order chi connectivity index (χ1) is 11.4. The standard InChI is InChI=1S/C17H17N3O4/c1-11-4-7-14(24-11)10-18-20-15(21)17(2,19-16(20)22)12-5-8-13(23-3)9-6-12/h4-10H,1-3H3,(H,19,22)/b18-10-/t17-/m0/s1. The van der Waals surface area contributed by atoms with Crippen molar-refractivity contribution in [2.24, 2.45) is 5.10 Å². The molecule has 3 rings (SSSR count). The van der Waals surface area contributed by atoms with Crippen LogP contribution in [0.25, 0.3) is 0 Å². The third-order valence-electron chi connectivity index (χ3n) is 3.90. The fourth-order valence-electron chi connectivity index (χ4n) is 2.49. The predicted octanol–water partition coefficient (Wildman–Crippen LogP) is 2.40. The maximum atomic E-state index is 12.7. The summed E-state index contributed by atoms with van der Waals surface area (Å²) in [4.78, 5) is 24.8. The lowest BCUT2D eigenvalue weighted by molar-refractivity contribution is -0.131. The molecule has 1 aliphatic heterocycles. The van der Waals surface area contributed by atoms with Crippen molar-refractivity contribution in [3.8, 4) is 5.75 Å².